The summed E-state index contributed by atoms with van der Waals surface area (Å²) in [6, 6.07) is 0. The second kappa shape index (κ2) is 4.82. The van der Waals surface area contributed by atoms with Crippen molar-refractivity contribution < 1.29 is 43.1 Å². The second-order valence-corrected chi connectivity index (χ2v) is 7.95. The Balaban J connectivity index is 5.67. The molecule has 0 aliphatic carbocycles. The molecule has 0 fully saturated rings. The zero-order valence-corrected chi connectivity index (χ0v) is 10.6. The summed E-state index contributed by atoms with van der Waals surface area (Å²) >= 11 is 0. The summed E-state index contributed by atoms with van der Waals surface area (Å²) < 4.78 is 32.1. The highest BCUT2D eigenvalue weighted by molar-refractivity contribution is 7.62. The first-order chi connectivity index (χ1) is 6.75. The number of hydrogen-bond acceptors (Lipinski definition) is 3. The van der Waals surface area contributed by atoms with Crippen molar-refractivity contribution in [2.45, 2.75) is 12.6 Å². The minimum absolute atomic E-state index is 0.114. The van der Waals surface area contributed by atoms with E-state index in [1.165, 1.54) is 0 Å². The van der Waals surface area contributed by atoms with Crippen molar-refractivity contribution in [3.05, 3.63) is 11.1 Å². The lowest BCUT2D eigenvalue weighted by atomic mass is 10.5. The fourth-order valence-electron chi connectivity index (χ4n) is 0.771. The first kappa shape index (κ1) is 16.2. The van der Waals surface area contributed by atoms with Crippen LogP contribution in [0, 0.1) is 0 Å². The highest BCUT2D eigenvalue weighted by Crippen LogP contribution is 2.59. The van der Waals surface area contributed by atoms with Crippen molar-refractivity contribution >= 4 is 22.8 Å². The van der Waals surface area contributed by atoms with Crippen LogP contribution in [0.25, 0.3) is 0 Å². The summed E-state index contributed by atoms with van der Waals surface area (Å²) in [5.41, 5.74) is -1.97. The fourth-order valence-corrected chi connectivity index (χ4v) is 4.32. The van der Waals surface area contributed by atoms with Crippen LogP contribution in [-0.4, -0.2) is 35.0 Å². The molecule has 9 nitrogen and oxygen atoms in total. The minimum Gasteiger partial charge on any atom is -0.324 e. The van der Waals surface area contributed by atoms with Gasteiger partial charge in [0, 0.05) is 5.82 Å². The Morgan fingerprint density at radius 3 is 1.56 bits per heavy atom. The Kier molecular flexibility index (Phi) is 4.88. The van der Waals surface area contributed by atoms with E-state index in [2.05, 4.69) is 0 Å². The lowest BCUT2D eigenvalue weighted by Gasteiger charge is -2.18. The van der Waals surface area contributed by atoms with Gasteiger partial charge in [-0.3, -0.25) is 13.7 Å². The Morgan fingerprint density at radius 2 is 1.38 bits per heavy atom. The Morgan fingerprint density at radius 1 is 1.00 bits per heavy atom. The van der Waals surface area contributed by atoms with Gasteiger partial charge in [-0.15, -0.1) is 0 Å². The van der Waals surface area contributed by atoms with Gasteiger partial charge in [0.1, 0.15) is 0 Å². The van der Waals surface area contributed by atoms with Crippen LogP contribution in [0.1, 0.15) is 6.92 Å². The molecule has 1 unspecified atom stereocenters. The van der Waals surface area contributed by atoms with E-state index < -0.39 is 33.8 Å². The van der Waals surface area contributed by atoms with Crippen LogP contribution >= 0.6 is 22.8 Å². The third-order valence-corrected chi connectivity index (χ3v) is 5.07. The molecule has 0 saturated heterocycles. The highest BCUT2D eigenvalue weighted by Gasteiger charge is 2.38. The van der Waals surface area contributed by atoms with E-state index in [9.17, 15) is 13.7 Å². The molecule has 0 aromatic rings. The van der Waals surface area contributed by atoms with Crippen LogP contribution in [0.5, 0.6) is 0 Å². The normalized spacial score (nSPS) is 17.3. The Bertz CT molecular complexity index is 420. The van der Waals surface area contributed by atoms with Crippen molar-refractivity contribution in [1.82, 2.24) is 0 Å². The molecule has 96 valence electrons. The second-order valence-electron chi connectivity index (χ2n) is 2.95. The van der Waals surface area contributed by atoms with Gasteiger partial charge >= 0.3 is 22.8 Å². The third-order valence-electron chi connectivity index (χ3n) is 1.57. The monoisotopic (exact) mass is 296 g/mol. The first-order valence-corrected chi connectivity index (χ1v) is 8.62. The molecule has 0 rings (SSSR count). The van der Waals surface area contributed by atoms with Gasteiger partial charge in [-0.1, -0.05) is 0 Å². The van der Waals surface area contributed by atoms with Gasteiger partial charge in [0.25, 0.3) is 0 Å². The van der Waals surface area contributed by atoms with Crippen molar-refractivity contribution in [2.24, 2.45) is 0 Å². The molecular formula is C4H11O9P3. The van der Waals surface area contributed by atoms with Gasteiger partial charge in [0.15, 0.2) is 0 Å². The topological polar surface area (TPSA) is 173 Å². The van der Waals surface area contributed by atoms with E-state index in [1.807, 2.05) is 0 Å². The van der Waals surface area contributed by atoms with E-state index in [1.54, 1.807) is 0 Å². The molecule has 0 aliphatic rings. The van der Waals surface area contributed by atoms with E-state index in [0.29, 0.717) is 0 Å². The summed E-state index contributed by atoms with van der Waals surface area (Å²) in [7, 11) is -15.0. The van der Waals surface area contributed by atoms with Crippen LogP contribution in [-0.2, 0) is 13.7 Å². The number of hydrogen-bond donors (Lipinski definition) is 6. The van der Waals surface area contributed by atoms with Gasteiger partial charge in [0.2, 0.25) is 0 Å². The predicted octanol–water partition coefficient (Wildman–Crippen LogP) is -0.251. The summed E-state index contributed by atoms with van der Waals surface area (Å²) in [5, 5.41) is -1.27. The van der Waals surface area contributed by atoms with Crippen LogP contribution in [0.15, 0.2) is 11.1 Å². The molecular weight excluding hydrogens is 285 g/mol. The van der Waals surface area contributed by atoms with Crippen molar-refractivity contribution in [3.8, 4) is 0 Å². The molecule has 0 saturated carbocycles. The van der Waals surface area contributed by atoms with Gasteiger partial charge < -0.3 is 29.4 Å². The molecule has 0 aromatic heterocycles. The van der Waals surface area contributed by atoms with Crippen molar-refractivity contribution in [1.29, 1.82) is 0 Å². The maximum absolute atomic E-state index is 10.8. The van der Waals surface area contributed by atoms with Crippen molar-refractivity contribution in [3.63, 3.8) is 0 Å². The molecule has 0 aromatic carbocycles. The first-order valence-electron chi connectivity index (χ1n) is 3.64. The standard InChI is InChI=1S/C4H11O9P3/c1-3(15(8,9)10)4(16(11,12)13)2-14(5,6)7/h2-3H,1H3,(H2,5,6,7)(H2,8,9,10)(H2,11,12,13)/b4-2-. The predicted molar refractivity (Wildman–Crippen MR) is 53.7 cm³/mol. The quantitative estimate of drug-likeness (QED) is 0.382. The smallest absolute Gasteiger partial charge is 0.324 e. The zero-order valence-electron chi connectivity index (χ0n) is 7.90. The maximum atomic E-state index is 10.8. The Labute approximate surface area is 90.3 Å². The molecule has 0 heterocycles. The van der Waals surface area contributed by atoms with Gasteiger partial charge in [-0.05, 0) is 6.92 Å². The molecule has 0 spiro atoms. The number of allylic oxidation sites excluding steroid dienone is 1. The van der Waals surface area contributed by atoms with Crippen LogP contribution < -0.4 is 0 Å². The third kappa shape index (κ3) is 5.50. The average Bonchev–Trinajstić information content (AvgIpc) is 1.93. The SMILES string of the molecule is CC(/C(=C/P(=O)(O)O)P(=O)(O)O)P(=O)(O)O. The maximum Gasteiger partial charge on any atom is 0.353 e. The zero-order chi connectivity index (χ0) is 13.4. The highest BCUT2D eigenvalue weighted by atomic mass is 31.2. The lowest BCUT2D eigenvalue weighted by Crippen LogP contribution is -2.08. The molecule has 12 heteroatoms. The van der Waals surface area contributed by atoms with Gasteiger partial charge in [-0.25, -0.2) is 0 Å². The van der Waals surface area contributed by atoms with Crippen LogP contribution in [0.4, 0.5) is 0 Å². The summed E-state index contributed by atoms with van der Waals surface area (Å²) in [6.07, 6.45) is 0. The molecule has 0 radical (unpaired) electrons. The van der Waals surface area contributed by atoms with E-state index in [0.717, 1.165) is 6.92 Å². The number of rotatable bonds is 4. The van der Waals surface area contributed by atoms with E-state index in [4.69, 9.17) is 29.4 Å². The summed E-state index contributed by atoms with van der Waals surface area (Å²) in [4.78, 5) is 51.9. The molecule has 0 aliphatic heterocycles. The molecule has 16 heavy (non-hydrogen) atoms. The molecule has 1 atom stereocenters. The average molecular weight is 296 g/mol. The lowest BCUT2D eigenvalue weighted by molar-refractivity contribution is 0.356. The minimum atomic E-state index is -5.15. The Hall–Kier alpha value is 0.190. The molecule has 0 amide bonds. The molecule has 0 bridgehead atoms. The van der Waals surface area contributed by atoms with E-state index >= 15 is 0 Å². The van der Waals surface area contributed by atoms with Crippen LogP contribution in [0.3, 0.4) is 0 Å². The molecule has 6 N–H and O–H groups in total. The van der Waals surface area contributed by atoms with Gasteiger partial charge in [-0.2, -0.15) is 0 Å². The van der Waals surface area contributed by atoms with E-state index in [-0.39, 0.29) is 5.82 Å². The summed E-state index contributed by atoms with van der Waals surface area (Å²) in [5.74, 6) is -0.114. The summed E-state index contributed by atoms with van der Waals surface area (Å²) in [6.45, 7) is 0.765. The van der Waals surface area contributed by atoms with Crippen LogP contribution in [0.2, 0.25) is 0 Å². The van der Waals surface area contributed by atoms with Gasteiger partial charge in [0.05, 0.1) is 11.0 Å². The van der Waals surface area contributed by atoms with Crippen molar-refractivity contribution in [2.75, 3.05) is 0 Å². The largest absolute Gasteiger partial charge is 0.353 e. The fraction of sp³-hybridized carbons (Fsp3) is 0.500.